The highest BCUT2D eigenvalue weighted by molar-refractivity contribution is 9.10. The summed E-state index contributed by atoms with van der Waals surface area (Å²) in [6, 6.07) is 9.02. The van der Waals surface area contributed by atoms with Gasteiger partial charge >= 0.3 is 0 Å². The van der Waals surface area contributed by atoms with Gasteiger partial charge < -0.3 is 5.32 Å². The Labute approximate surface area is 123 Å². The number of hydrogen-bond acceptors (Lipinski definition) is 4. The molecule has 94 valence electrons. The number of benzene rings is 1. The molecule has 0 spiro atoms. The molecule has 0 saturated heterocycles. The summed E-state index contributed by atoms with van der Waals surface area (Å²) in [4.78, 5) is 12.9. The lowest BCUT2D eigenvalue weighted by molar-refractivity contribution is 1.20. The van der Waals surface area contributed by atoms with Crippen LogP contribution in [0.15, 0.2) is 47.2 Å². The van der Waals surface area contributed by atoms with Gasteiger partial charge in [0.2, 0.25) is 0 Å². The quantitative estimate of drug-likeness (QED) is 0.786. The lowest BCUT2D eigenvalue weighted by Crippen LogP contribution is -1.98. The van der Waals surface area contributed by atoms with Gasteiger partial charge in [-0.2, -0.15) is 0 Å². The first-order valence-electron chi connectivity index (χ1n) is 7.08. The Morgan fingerprint density at radius 1 is 1.26 bits per heavy atom. The normalized spacial score (nSPS) is 13.6. The Morgan fingerprint density at radius 2 is 2.21 bits per heavy atom. The topological polar surface area (TPSA) is 50.7 Å². The molecule has 3 rings (SSSR count). The summed E-state index contributed by atoms with van der Waals surface area (Å²) in [6.45, 7) is -2.33. The standard InChI is InChI=1S/C14H11BrN4/c1-16-14-11-5-4-10(15)7-12(11)18-13(19-14)9-3-2-6-17-8-9/h2-8H,1H3,(H,16,18,19)/i1D3. The number of pyridine rings is 1. The number of hydrogen-bond donors (Lipinski definition) is 1. The Bertz CT molecular complexity index is 821. The zero-order chi connectivity index (χ0) is 15.7. The molecule has 1 aromatic carbocycles. The maximum atomic E-state index is 7.40. The lowest BCUT2D eigenvalue weighted by Gasteiger charge is -2.08. The predicted octanol–water partition coefficient (Wildman–Crippen LogP) is 3.50. The van der Waals surface area contributed by atoms with Gasteiger partial charge in [-0.25, -0.2) is 9.97 Å². The highest BCUT2D eigenvalue weighted by Gasteiger charge is 2.08. The largest absolute Gasteiger partial charge is 0.373 e. The minimum absolute atomic E-state index is 0.274. The Morgan fingerprint density at radius 3 is 3.00 bits per heavy atom. The number of fused-ring (bicyclic) bond motifs is 1. The maximum Gasteiger partial charge on any atom is 0.163 e. The molecular weight excluding hydrogens is 304 g/mol. The van der Waals surface area contributed by atoms with Crippen molar-refractivity contribution in [2.45, 2.75) is 0 Å². The van der Waals surface area contributed by atoms with E-state index in [0.717, 1.165) is 10.0 Å². The molecule has 0 aliphatic rings. The van der Waals surface area contributed by atoms with E-state index in [0.29, 0.717) is 16.7 Å². The van der Waals surface area contributed by atoms with E-state index in [1.54, 1.807) is 24.5 Å². The van der Waals surface area contributed by atoms with Crippen LogP contribution in [0.4, 0.5) is 5.82 Å². The number of aromatic nitrogens is 3. The molecule has 2 aromatic heterocycles. The van der Waals surface area contributed by atoms with E-state index in [1.165, 1.54) is 0 Å². The van der Waals surface area contributed by atoms with Crippen LogP contribution in [0.1, 0.15) is 4.11 Å². The van der Waals surface area contributed by atoms with Crippen molar-refractivity contribution in [3.63, 3.8) is 0 Å². The van der Waals surface area contributed by atoms with E-state index in [2.05, 4.69) is 36.2 Å². The van der Waals surface area contributed by atoms with Crippen LogP contribution in [0.25, 0.3) is 22.3 Å². The van der Waals surface area contributed by atoms with Crippen molar-refractivity contribution < 1.29 is 4.11 Å². The molecule has 0 saturated carbocycles. The molecule has 0 aliphatic carbocycles. The smallest absolute Gasteiger partial charge is 0.163 e. The zero-order valence-electron chi connectivity index (χ0n) is 12.8. The van der Waals surface area contributed by atoms with E-state index in [4.69, 9.17) is 4.11 Å². The van der Waals surface area contributed by atoms with E-state index in [9.17, 15) is 0 Å². The van der Waals surface area contributed by atoms with Crippen LogP contribution in [-0.4, -0.2) is 21.9 Å². The number of nitrogens with one attached hydrogen (secondary N) is 1. The van der Waals surface area contributed by atoms with Gasteiger partial charge in [-0.05, 0) is 30.3 Å². The van der Waals surface area contributed by atoms with Crippen molar-refractivity contribution >= 4 is 32.7 Å². The van der Waals surface area contributed by atoms with Gasteiger partial charge in [-0.3, -0.25) is 4.98 Å². The number of halogens is 1. The fourth-order valence-electron chi connectivity index (χ4n) is 1.82. The SMILES string of the molecule is [2H]C([2H])([2H])Nc1nc(-c2cccnc2)nc2cc(Br)ccc12. The van der Waals surface area contributed by atoms with Crippen molar-refractivity contribution in [1.29, 1.82) is 0 Å². The van der Waals surface area contributed by atoms with Gasteiger partial charge in [0.05, 0.1) is 5.52 Å². The summed E-state index contributed by atoms with van der Waals surface area (Å²) in [7, 11) is 0. The van der Waals surface area contributed by atoms with Gasteiger partial charge in [0.1, 0.15) is 5.82 Å². The van der Waals surface area contributed by atoms with Crippen LogP contribution in [0.5, 0.6) is 0 Å². The van der Waals surface area contributed by atoms with Crippen molar-refractivity contribution in [3.05, 3.63) is 47.2 Å². The molecule has 0 bridgehead atoms. The van der Waals surface area contributed by atoms with Gasteiger partial charge in [0.25, 0.3) is 0 Å². The highest BCUT2D eigenvalue weighted by Crippen LogP contribution is 2.26. The molecule has 19 heavy (non-hydrogen) atoms. The molecule has 1 N–H and O–H groups in total. The molecule has 0 fully saturated rings. The highest BCUT2D eigenvalue weighted by atomic mass is 79.9. The third-order valence-corrected chi connectivity index (χ3v) is 3.19. The summed E-state index contributed by atoms with van der Waals surface area (Å²) in [5.41, 5.74) is 1.37. The van der Waals surface area contributed by atoms with E-state index in [1.807, 2.05) is 18.2 Å². The van der Waals surface area contributed by atoms with Crippen LogP contribution < -0.4 is 5.32 Å². The molecule has 0 amide bonds. The van der Waals surface area contributed by atoms with Crippen LogP contribution >= 0.6 is 15.9 Å². The summed E-state index contributed by atoms with van der Waals surface area (Å²) in [5.74, 6) is 0.696. The third-order valence-electron chi connectivity index (χ3n) is 2.70. The maximum absolute atomic E-state index is 7.40. The summed E-state index contributed by atoms with van der Waals surface area (Å²) >= 11 is 3.39. The van der Waals surface area contributed by atoms with Crippen LogP contribution in [0, 0.1) is 0 Å². The summed E-state index contributed by atoms with van der Waals surface area (Å²) < 4.78 is 23.1. The zero-order valence-corrected chi connectivity index (χ0v) is 11.3. The average Bonchev–Trinajstić information content (AvgIpc) is 2.46. The van der Waals surface area contributed by atoms with Gasteiger partial charge in [-0.1, -0.05) is 15.9 Å². The van der Waals surface area contributed by atoms with Crippen molar-refractivity contribution in [1.82, 2.24) is 15.0 Å². The van der Waals surface area contributed by atoms with Crippen molar-refractivity contribution in [3.8, 4) is 11.4 Å². The van der Waals surface area contributed by atoms with E-state index in [-0.39, 0.29) is 5.82 Å². The Balaban J connectivity index is 2.23. The lowest BCUT2D eigenvalue weighted by atomic mass is 10.2. The number of nitrogens with zero attached hydrogens (tertiary/aromatic N) is 3. The first-order valence-corrected chi connectivity index (χ1v) is 6.37. The summed E-state index contributed by atoms with van der Waals surface area (Å²) in [5, 5.41) is 3.11. The first-order chi connectivity index (χ1) is 10.4. The molecule has 0 radical (unpaired) electrons. The monoisotopic (exact) mass is 317 g/mol. The predicted molar refractivity (Wildman–Crippen MR) is 80.0 cm³/mol. The fraction of sp³-hybridized carbons (Fsp3) is 0.0714. The minimum atomic E-state index is -2.33. The minimum Gasteiger partial charge on any atom is -0.373 e. The average molecular weight is 318 g/mol. The summed E-state index contributed by atoms with van der Waals surface area (Å²) in [6.07, 6.45) is 3.29. The van der Waals surface area contributed by atoms with Crippen LogP contribution in [0.2, 0.25) is 0 Å². The third kappa shape index (κ3) is 2.29. The number of anilines is 1. The second-order valence-corrected chi connectivity index (χ2v) is 4.84. The van der Waals surface area contributed by atoms with Gasteiger partial charge in [0.15, 0.2) is 5.82 Å². The van der Waals surface area contributed by atoms with Gasteiger partial charge in [0, 0.05) is 38.9 Å². The van der Waals surface area contributed by atoms with E-state index >= 15 is 0 Å². The van der Waals surface area contributed by atoms with E-state index < -0.39 is 6.98 Å². The molecule has 0 aliphatic heterocycles. The molecular formula is C14H11BrN4. The van der Waals surface area contributed by atoms with Crippen molar-refractivity contribution in [2.24, 2.45) is 0 Å². The molecule has 2 heterocycles. The Hall–Kier alpha value is -2.01. The second kappa shape index (κ2) is 4.93. The molecule has 0 atom stereocenters. The molecule has 0 unspecified atom stereocenters. The second-order valence-electron chi connectivity index (χ2n) is 3.92. The van der Waals surface area contributed by atoms with Gasteiger partial charge in [-0.15, -0.1) is 0 Å². The van der Waals surface area contributed by atoms with Crippen LogP contribution in [0.3, 0.4) is 0 Å². The molecule has 4 nitrogen and oxygen atoms in total. The number of rotatable bonds is 2. The fourth-order valence-corrected chi connectivity index (χ4v) is 2.17. The molecule has 3 aromatic rings. The first kappa shape index (κ1) is 8.98. The van der Waals surface area contributed by atoms with Crippen molar-refractivity contribution in [2.75, 3.05) is 12.3 Å². The molecule has 5 heteroatoms. The van der Waals surface area contributed by atoms with Crippen LogP contribution in [-0.2, 0) is 0 Å². The Kier molecular flexibility index (Phi) is 2.33.